The van der Waals surface area contributed by atoms with Crippen LogP contribution in [0.15, 0.2) is 30.5 Å². The van der Waals surface area contributed by atoms with Crippen molar-refractivity contribution in [1.82, 2.24) is 14.5 Å². The zero-order valence-electron chi connectivity index (χ0n) is 13.3. The molecule has 2 aromatic heterocycles. The highest BCUT2D eigenvalue weighted by molar-refractivity contribution is 5.75. The molecule has 3 N–H and O–H groups in total. The second kappa shape index (κ2) is 7.40. The lowest BCUT2D eigenvalue weighted by atomic mass is 10.1. The fourth-order valence-corrected chi connectivity index (χ4v) is 2.57. The Kier molecular flexibility index (Phi) is 5.51. The number of rotatable bonds is 5. The topological polar surface area (TPSA) is 68.8 Å². The predicted octanol–water partition coefficient (Wildman–Crippen LogP) is 3.24. The molecule has 0 spiro atoms. The van der Waals surface area contributed by atoms with E-state index in [0.29, 0.717) is 30.8 Å². The number of nitrogens with two attached hydrogens (primary N) is 1. The molecular weight excluding hydrogens is 305 g/mol. The number of anilines is 1. The van der Waals surface area contributed by atoms with Crippen LogP contribution in [0.25, 0.3) is 11.2 Å². The molecule has 0 saturated heterocycles. The molecule has 3 rings (SSSR count). The van der Waals surface area contributed by atoms with Crippen molar-refractivity contribution in [1.29, 1.82) is 0 Å². The van der Waals surface area contributed by atoms with Gasteiger partial charge in [-0.2, -0.15) is 4.98 Å². The predicted molar refractivity (Wildman–Crippen MR) is 96.8 cm³/mol. The number of halogens is 1. The minimum Gasteiger partial charge on any atom is -0.354 e. The highest BCUT2D eigenvalue weighted by atomic mass is 19.1. The van der Waals surface area contributed by atoms with Gasteiger partial charge < -0.3 is 15.6 Å². The largest absolute Gasteiger partial charge is 0.354 e. The maximum Gasteiger partial charge on any atom is 0.205 e. The molecule has 0 aliphatic heterocycles. The molecule has 24 heavy (non-hydrogen) atoms. The molecule has 0 bridgehead atoms. The number of hydrogen-bond donors (Lipinski definition) is 2. The Morgan fingerprint density at radius 1 is 1.25 bits per heavy atom. The molecule has 0 aliphatic rings. The molecule has 1 aromatic carbocycles. The summed E-state index contributed by atoms with van der Waals surface area (Å²) in [6.45, 7) is 5.51. The number of benzene rings is 1. The van der Waals surface area contributed by atoms with E-state index in [1.807, 2.05) is 13.0 Å². The number of nitrogens with one attached hydrogen (secondary N) is 1. The SMILES string of the molecule is C.Cc1cnc2nc(NCCN)n(Cc3ccc(F)c(C)c3)c2c1. The Morgan fingerprint density at radius 3 is 2.75 bits per heavy atom. The fourth-order valence-electron chi connectivity index (χ4n) is 2.57. The van der Waals surface area contributed by atoms with Crippen LogP contribution in [0.3, 0.4) is 0 Å². The van der Waals surface area contributed by atoms with Crippen molar-refractivity contribution in [2.75, 3.05) is 18.4 Å². The third-order valence-electron chi connectivity index (χ3n) is 3.73. The van der Waals surface area contributed by atoms with Crippen molar-refractivity contribution in [3.05, 3.63) is 53.0 Å². The summed E-state index contributed by atoms with van der Waals surface area (Å²) in [5, 5.41) is 3.23. The second-order valence-corrected chi connectivity index (χ2v) is 5.68. The first-order chi connectivity index (χ1) is 11.1. The number of hydrogen-bond acceptors (Lipinski definition) is 4. The van der Waals surface area contributed by atoms with Crippen molar-refractivity contribution in [3.8, 4) is 0 Å². The summed E-state index contributed by atoms with van der Waals surface area (Å²) in [7, 11) is 0. The molecule has 5 nitrogen and oxygen atoms in total. The highest BCUT2D eigenvalue weighted by Crippen LogP contribution is 2.21. The van der Waals surface area contributed by atoms with E-state index in [1.165, 1.54) is 6.07 Å². The van der Waals surface area contributed by atoms with Gasteiger partial charge in [-0.3, -0.25) is 0 Å². The average molecular weight is 329 g/mol. The maximum atomic E-state index is 13.5. The van der Waals surface area contributed by atoms with Crippen LogP contribution in [0, 0.1) is 19.7 Å². The van der Waals surface area contributed by atoms with Crippen molar-refractivity contribution in [2.45, 2.75) is 27.8 Å². The summed E-state index contributed by atoms with van der Waals surface area (Å²) in [4.78, 5) is 8.92. The lowest BCUT2D eigenvalue weighted by Gasteiger charge is -2.11. The molecule has 6 heteroatoms. The van der Waals surface area contributed by atoms with E-state index < -0.39 is 0 Å². The van der Waals surface area contributed by atoms with Gasteiger partial charge in [0.05, 0.1) is 12.1 Å². The van der Waals surface area contributed by atoms with Gasteiger partial charge in [0.1, 0.15) is 5.82 Å². The fraction of sp³-hybridized carbons (Fsp3) is 0.333. The van der Waals surface area contributed by atoms with Gasteiger partial charge in [0.25, 0.3) is 0 Å². The molecule has 0 aliphatic carbocycles. The normalized spacial score (nSPS) is 10.7. The van der Waals surface area contributed by atoms with Crippen molar-refractivity contribution < 1.29 is 4.39 Å². The molecule has 2 heterocycles. The van der Waals surface area contributed by atoms with Gasteiger partial charge in [0, 0.05) is 19.3 Å². The third kappa shape index (κ3) is 3.54. The van der Waals surface area contributed by atoms with Crippen molar-refractivity contribution in [3.63, 3.8) is 0 Å². The van der Waals surface area contributed by atoms with Gasteiger partial charge in [-0.05, 0) is 42.7 Å². The molecule has 0 amide bonds. The summed E-state index contributed by atoms with van der Waals surface area (Å²) in [6.07, 6.45) is 1.80. The van der Waals surface area contributed by atoms with Crippen LogP contribution in [0.2, 0.25) is 0 Å². The van der Waals surface area contributed by atoms with Crippen molar-refractivity contribution >= 4 is 17.1 Å². The van der Waals surface area contributed by atoms with Gasteiger partial charge in [-0.1, -0.05) is 19.6 Å². The van der Waals surface area contributed by atoms with E-state index >= 15 is 0 Å². The van der Waals surface area contributed by atoms with E-state index in [4.69, 9.17) is 5.73 Å². The lowest BCUT2D eigenvalue weighted by molar-refractivity contribution is 0.617. The van der Waals surface area contributed by atoms with Crippen LogP contribution in [-0.4, -0.2) is 27.6 Å². The van der Waals surface area contributed by atoms with Crippen LogP contribution in [0.4, 0.5) is 10.3 Å². The summed E-state index contributed by atoms with van der Waals surface area (Å²) in [5.74, 6) is 0.536. The Balaban J connectivity index is 0.00000208. The van der Waals surface area contributed by atoms with E-state index in [9.17, 15) is 4.39 Å². The maximum absolute atomic E-state index is 13.5. The van der Waals surface area contributed by atoms with Crippen LogP contribution in [0.5, 0.6) is 0 Å². The third-order valence-corrected chi connectivity index (χ3v) is 3.73. The standard InChI is InChI=1S/C17H20FN5.CH4/c1-11-7-15-16(21-9-11)22-17(20-6-5-19)23(15)10-13-3-4-14(18)12(2)8-13;/h3-4,7-9H,5-6,10,19H2,1-2H3,(H,20,21,22);1H4. The van der Waals surface area contributed by atoms with Crippen molar-refractivity contribution in [2.24, 2.45) is 5.73 Å². The Hall–Kier alpha value is -2.47. The summed E-state index contributed by atoms with van der Waals surface area (Å²) >= 11 is 0. The zero-order chi connectivity index (χ0) is 16.4. The molecule has 0 saturated carbocycles. The first-order valence-electron chi connectivity index (χ1n) is 7.60. The summed E-state index contributed by atoms with van der Waals surface area (Å²) in [6, 6.07) is 7.21. The molecule has 3 aromatic rings. The van der Waals surface area contributed by atoms with E-state index in [1.54, 1.807) is 19.2 Å². The highest BCUT2D eigenvalue weighted by Gasteiger charge is 2.12. The van der Waals surface area contributed by atoms with E-state index in [0.717, 1.165) is 22.6 Å². The van der Waals surface area contributed by atoms with Gasteiger partial charge in [-0.25, -0.2) is 9.37 Å². The number of fused-ring (bicyclic) bond motifs is 1. The Labute approximate surface area is 141 Å². The first kappa shape index (κ1) is 17.9. The smallest absolute Gasteiger partial charge is 0.205 e. The van der Waals surface area contributed by atoms with Crippen LogP contribution in [-0.2, 0) is 6.54 Å². The number of nitrogens with zero attached hydrogens (tertiary/aromatic N) is 3. The lowest BCUT2D eigenvalue weighted by Crippen LogP contribution is -2.16. The van der Waals surface area contributed by atoms with Gasteiger partial charge in [0.15, 0.2) is 5.65 Å². The van der Waals surface area contributed by atoms with Gasteiger partial charge >= 0.3 is 0 Å². The molecule has 0 fully saturated rings. The molecule has 0 radical (unpaired) electrons. The number of aromatic nitrogens is 3. The number of imidazole rings is 1. The number of aryl methyl sites for hydroxylation is 2. The molecular formula is C18H24FN5. The van der Waals surface area contributed by atoms with Gasteiger partial charge in [0.2, 0.25) is 5.95 Å². The average Bonchev–Trinajstić information content (AvgIpc) is 2.86. The zero-order valence-corrected chi connectivity index (χ0v) is 13.3. The van der Waals surface area contributed by atoms with Crippen LogP contribution < -0.4 is 11.1 Å². The molecule has 128 valence electrons. The van der Waals surface area contributed by atoms with Gasteiger partial charge in [-0.15, -0.1) is 0 Å². The van der Waals surface area contributed by atoms with E-state index in [-0.39, 0.29) is 13.2 Å². The minimum atomic E-state index is -0.191. The molecule has 0 atom stereocenters. The summed E-state index contributed by atoms with van der Waals surface area (Å²) < 4.78 is 15.5. The van der Waals surface area contributed by atoms with Crippen LogP contribution in [0.1, 0.15) is 24.1 Å². The molecule has 0 unspecified atom stereocenters. The Morgan fingerprint density at radius 2 is 2.04 bits per heavy atom. The number of pyridine rings is 1. The quantitative estimate of drug-likeness (QED) is 0.754. The minimum absolute atomic E-state index is 0. The first-order valence-corrected chi connectivity index (χ1v) is 7.60. The summed E-state index contributed by atoms with van der Waals surface area (Å²) in [5.41, 5.74) is 9.94. The van der Waals surface area contributed by atoms with Crippen LogP contribution >= 0.6 is 0 Å². The van der Waals surface area contributed by atoms with E-state index in [2.05, 4.69) is 25.9 Å². The second-order valence-electron chi connectivity index (χ2n) is 5.68. The monoisotopic (exact) mass is 329 g/mol. The Bertz CT molecular complexity index is 841.